The highest BCUT2D eigenvalue weighted by molar-refractivity contribution is 5.97. The van der Waals surface area contributed by atoms with E-state index in [1.165, 1.54) is 0 Å². The number of carbonyl (C=O) groups is 1. The Balaban J connectivity index is 2.30. The Morgan fingerprint density at radius 3 is 2.56 bits per heavy atom. The number of hydrogen-bond acceptors (Lipinski definition) is 3. The summed E-state index contributed by atoms with van der Waals surface area (Å²) in [4.78, 5) is 12.1. The Labute approximate surface area is 94.2 Å². The van der Waals surface area contributed by atoms with Crippen LogP contribution in [0, 0.1) is 0 Å². The minimum Gasteiger partial charge on any atom is -0.369 e. The van der Waals surface area contributed by atoms with Gasteiger partial charge in [-0.25, -0.2) is 0 Å². The molecule has 1 aromatic rings. The van der Waals surface area contributed by atoms with Crippen LogP contribution >= 0.6 is 0 Å². The zero-order valence-corrected chi connectivity index (χ0v) is 9.34. The molecule has 0 aliphatic carbocycles. The topological polar surface area (TPSA) is 52.9 Å². The Morgan fingerprint density at radius 2 is 2.06 bits per heavy atom. The van der Waals surface area contributed by atoms with Crippen molar-refractivity contribution in [1.29, 1.82) is 0 Å². The zero-order chi connectivity index (χ0) is 11.8. The van der Waals surface area contributed by atoms with Crippen LogP contribution in [0.1, 0.15) is 30.6 Å². The summed E-state index contributed by atoms with van der Waals surface area (Å²) in [5, 5.41) is 15.3. The molecule has 1 atom stereocenters. The van der Waals surface area contributed by atoms with Crippen molar-refractivity contribution in [3.8, 4) is 0 Å². The Bertz CT molecular complexity index is 438. The predicted octanol–water partition coefficient (Wildman–Crippen LogP) is 1.62. The van der Waals surface area contributed by atoms with Gasteiger partial charge in [0.1, 0.15) is 0 Å². The second-order valence-electron chi connectivity index (χ2n) is 4.21. The normalized spacial score (nSPS) is 24.4. The minimum absolute atomic E-state index is 0.276. The van der Waals surface area contributed by atoms with E-state index in [0.29, 0.717) is 12.0 Å². The largest absolute Gasteiger partial charge is 0.369 e. The molecule has 1 aromatic carbocycles. The van der Waals surface area contributed by atoms with Crippen molar-refractivity contribution in [3.63, 3.8) is 0 Å². The summed E-state index contributed by atoms with van der Waals surface area (Å²) < 4.78 is 0. The van der Waals surface area contributed by atoms with Crippen molar-refractivity contribution in [1.82, 2.24) is 5.01 Å². The first-order valence-corrected chi connectivity index (χ1v) is 5.17. The molecule has 0 saturated heterocycles. The molecule has 1 amide bonds. The molecule has 4 heteroatoms. The van der Waals surface area contributed by atoms with Crippen LogP contribution in [0.25, 0.3) is 0 Å². The van der Waals surface area contributed by atoms with E-state index in [1.54, 1.807) is 38.1 Å². The lowest BCUT2D eigenvalue weighted by molar-refractivity contribution is -0.0553. The first-order chi connectivity index (χ1) is 7.50. The van der Waals surface area contributed by atoms with Gasteiger partial charge in [-0.15, -0.1) is 0 Å². The highest BCUT2D eigenvalue weighted by Crippen LogP contribution is 2.26. The molecule has 0 spiro atoms. The van der Waals surface area contributed by atoms with Gasteiger partial charge in [-0.3, -0.25) is 4.79 Å². The monoisotopic (exact) mass is 218 g/mol. The molecule has 4 nitrogen and oxygen atoms in total. The second kappa shape index (κ2) is 3.72. The van der Waals surface area contributed by atoms with E-state index < -0.39 is 5.72 Å². The number of aliphatic hydroxyl groups is 1. The third kappa shape index (κ3) is 1.84. The molecule has 0 saturated carbocycles. The summed E-state index contributed by atoms with van der Waals surface area (Å²) >= 11 is 0. The average molecular weight is 218 g/mol. The molecule has 1 heterocycles. The number of hydrazone groups is 1. The number of amides is 1. The lowest BCUT2D eigenvalue weighted by atomic mass is 10.1. The third-order valence-electron chi connectivity index (χ3n) is 2.53. The highest BCUT2D eigenvalue weighted by Gasteiger charge is 2.39. The molecular formula is C12H14N2O2. The lowest BCUT2D eigenvalue weighted by Gasteiger charge is -2.26. The predicted molar refractivity (Wildman–Crippen MR) is 61.0 cm³/mol. The van der Waals surface area contributed by atoms with Gasteiger partial charge < -0.3 is 5.11 Å². The smallest absolute Gasteiger partial charge is 0.276 e. The van der Waals surface area contributed by atoms with Gasteiger partial charge in [0.15, 0.2) is 5.72 Å². The molecule has 1 aliphatic heterocycles. The van der Waals surface area contributed by atoms with Crippen LogP contribution in [-0.2, 0) is 0 Å². The standard InChI is InChI=1S/C12H14N2O2/c1-9-8-12(2,16)14(13-9)11(15)10-6-4-3-5-7-10/h3-7,16H,8H2,1-2H3/t12-/m1/s1. The summed E-state index contributed by atoms with van der Waals surface area (Å²) in [6.45, 7) is 3.39. The van der Waals surface area contributed by atoms with E-state index in [-0.39, 0.29) is 5.91 Å². The molecular weight excluding hydrogens is 204 g/mol. The van der Waals surface area contributed by atoms with Crippen LogP contribution in [0.15, 0.2) is 35.4 Å². The third-order valence-corrected chi connectivity index (χ3v) is 2.53. The molecule has 84 valence electrons. The van der Waals surface area contributed by atoms with Crippen LogP contribution in [0.2, 0.25) is 0 Å². The Hall–Kier alpha value is -1.68. The van der Waals surface area contributed by atoms with Gasteiger partial charge >= 0.3 is 0 Å². The van der Waals surface area contributed by atoms with Crippen molar-refractivity contribution >= 4 is 11.6 Å². The van der Waals surface area contributed by atoms with Crippen molar-refractivity contribution < 1.29 is 9.90 Å². The minimum atomic E-state index is -1.21. The van der Waals surface area contributed by atoms with Gasteiger partial charge in [-0.2, -0.15) is 10.1 Å². The Morgan fingerprint density at radius 1 is 1.44 bits per heavy atom. The van der Waals surface area contributed by atoms with Crippen LogP contribution in [0.5, 0.6) is 0 Å². The van der Waals surface area contributed by atoms with E-state index in [1.807, 2.05) is 6.07 Å². The maximum Gasteiger partial charge on any atom is 0.276 e. The summed E-state index contributed by atoms with van der Waals surface area (Å²) in [6.07, 6.45) is 0.394. The summed E-state index contributed by atoms with van der Waals surface area (Å²) in [5.41, 5.74) is 0.0762. The fourth-order valence-electron chi connectivity index (χ4n) is 1.84. The van der Waals surface area contributed by atoms with Gasteiger partial charge in [-0.05, 0) is 26.0 Å². The van der Waals surface area contributed by atoms with Gasteiger partial charge in [0.25, 0.3) is 5.91 Å². The summed E-state index contributed by atoms with van der Waals surface area (Å²) in [7, 11) is 0. The van der Waals surface area contributed by atoms with Gasteiger partial charge in [-0.1, -0.05) is 18.2 Å². The number of carbonyl (C=O) groups excluding carboxylic acids is 1. The van der Waals surface area contributed by atoms with E-state index in [9.17, 15) is 9.90 Å². The molecule has 0 aromatic heterocycles. The number of hydrogen-bond donors (Lipinski definition) is 1. The molecule has 16 heavy (non-hydrogen) atoms. The van der Waals surface area contributed by atoms with Crippen LogP contribution < -0.4 is 0 Å². The fraction of sp³-hybridized carbons (Fsp3) is 0.333. The van der Waals surface area contributed by atoms with E-state index >= 15 is 0 Å². The van der Waals surface area contributed by atoms with Crippen molar-refractivity contribution in [3.05, 3.63) is 35.9 Å². The van der Waals surface area contributed by atoms with Gasteiger partial charge in [0, 0.05) is 17.7 Å². The molecule has 0 bridgehead atoms. The van der Waals surface area contributed by atoms with E-state index in [4.69, 9.17) is 0 Å². The van der Waals surface area contributed by atoms with Crippen molar-refractivity contribution in [2.45, 2.75) is 26.0 Å². The molecule has 0 fully saturated rings. The maximum absolute atomic E-state index is 12.1. The molecule has 1 N–H and O–H groups in total. The maximum atomic E-state index is 12.1. The van der Waals surface area contributed by atoms with Gasteiger partial charge in [0.2, 0.25) is 0 Å². The highest BCUT2D eigenvalue weighted by atomic mass is 16.3. The van der Waals surface area contributed by atoms with Crippen LogP contribution in [-0.4, -0.2) is 27.5 Å². The quantitative estimate of drug-likeness (QED) is 0.778. The van der Waals surface area contributed by atoms with Gasteiger partial charge in [0.05, 0.1) is 0 Å². The Kier molecular flexibility index (Phi) is 2.52. The van der Waals surface area contributed by atoms with Crippen LogP contribution in [0.4, 0.5) is 0 Å². The molecule has 1 aliphatic rings. The van der Waals surface area contributed by atoms with E-state index in [0.717, 1.165) is 10.7 Å². The first-order valence-electron chi connectivity index (χ1n) is 5.17. The summed E-state index contributed by atoms with van der Waals surface area (Å²) in [5.74, 6) is -0.276. The molecule has 2 rings (SSSR count). The number of benzene rings is 1. The fourth-order valence-corrected chi connectivity index (χ4v) is 1.84. The summed E-state index contributed by atoms with van der Waals surface area (Å²) in [6, 6.07) is 8.83. The molecule has 0 unspecified atom stereocenters. The first kappa shape index (κ1) is 10.8. The zero-order valence-electron chi connectivity index (χ0n) is 9.34. The molecule has 0 radical (unpaired) electrons. The van der Waals surface area contributed by atoms with Crippen molar-refractivity contribution in [2.75, 3.05) is 0 Å². The van der Waals surface area contributed by atoms with E-state index in [2.05, 4.69) is 5.10 Å². The van der Waals surface area contributed by atoms with Crippen LogP contribution in [0.3, 0.4) is 0 Å². The van der Waals surface area contributed by atoms with Crippen molar-refractivity contribution in [2.24, 2.45) is 5.10 Å². The number of nitrogens with zero attached hydrogens (tertiary/aromatic N) is 2. The SMILES string of the molecule is CC1=NN(C(=O)c2ccccc2)[C@](C)(O)C1. The second-order valence-corrected chi connectivity index (χ2v) is 4.21. The lowest BCUT2D eigenvalue weighted by Crippen LogP contribution is -2.43. The average Bonchev–Trinajstić information content (AvgIpc) is 2.52. The number of rotatable bonds is 1.